The van der Waals surface area contributed by atoms with E-state index in [4.69, 9.17) is 26.2 Å². The average Bonchev–Trinajstić information content (AvgIpc) is 3.51. The lowest BCUT2D eigenvalue weighted by Gasteiger charge is -2.37. The van der Waals surface area contributed by atoms with E-state index < -0.39 is 5.60 Å². The minimum Gasteiger partial charge on any atom is -0.482 e. The van der Waals surface area contributed by atoms with Gasteiger partial charge in [0.05, 0.1) is 47.4 Å². The fraction of sp³-hybridized carbons (Fsp3) is 0.344. The van der Waals surface area contributed by atoms with Gasteiger partial charge in [-0.1, -0.05) is 23.7 Å². The molecule has 1 aliphatic heterocycles. The summed E-state index contributed by atoms with van der Waals surface area (Å²) in [5.74, 6) is 0.576. The molecule has 0 saturated heterocycles. The molecule has 11 heteroatoms. The van der Waals surface area contributed by atoms with Crippen LogP contribution in [0.3, 0.4) is 0 Å². The van der Waals surface area contributed by atoms with Crippen LogP contribution < -0.4 is 4.74 Å². The molecule has 0 bridgehead atoms. The van der Waals surface area contributed by atoms with E-state index in [9.17, 15) is 4.79 Å². The summed E-state index contributed by atoms with van der Waals surface area (Å²) in [4.78, 5) is 24.2. The largest absolute Gasteiger partial charge is 0.482 e. The molecule has 0 saturated carbocycles. The van der Waals surface area contributed by atoms with Crippen LogP contribution in [-0.4, -0.2) is 52.0 Å². The second kappa shape index (κ2) is 11.3. The van der Waals surface area contributed by atoms with Crippen molar-refractivity contribution in [3.05, 3.63) is 94.9 Å². The zero-order chi connectivity index (χ0) is 30.3. The van der Waals surface area contributed by atoms with Gasteiger partial charge in [0.25, 0.3) is 0 Å². The SMILES string of the molecule is Cc1c(-c2cc(O[C@H](C)c3ccccn3)c3c(Cl)cnn3c2)nn2c1CN(C(=O)OC(C)(C)C)C(Cc1ccccn1)C2. The number of carbonyl (C=O) groups excluding carboxylic acids is 1. The van der Waals surface area contributed by atoms with E-state index in [1.165, 1.54) is 0 Å². The number of pyridine rings is 3. The highest BCUT2D eigenvalue weighted by Gasteiger charge is 2.36. The molecule has 43 heavy (non-hydrogen) atoms. The lowest BCUT2D eigenvalue weighted by molar-refractivity contribution is 0.00662. The van der Waals surface area contributed by atoms with Crippen molar-refractivity contribution in [1.82, 2.24) is 34.3 Å². The molecule has 6 rings (SSSR count). The first-order valence-corrected chi connectivity index (χ1v) is 14.7. The Kier molecular flexibility index (Phi) is 7.56. The molecule has 222 valence electrons. The normalized spacial score (nSPS) is 15.8. The Balaban J connectivity index is 1.38. The van der Waals surface area contributed by atoms with E-state index in [-0.39, 0.29) is 18.2 Å². The Morgan fingerprint density at radius 1 is 1.14 bits per heavy atom. The van der Waals surface area contributed by atoms with Crippen LogP contribution in [0.25, 0.3) is 16.8 Å². The summed E-state index contributed by atoms with van der Waals surface area (Å²) >= 11 is 6.54. The maximum absolute atomic E-state index is 13.4. The van der Waals surface area contributed by atoms with Crippen molar-refractivity contribution in [3.8, 4) is 17.0 Å². The number of carbonyl (C=O) groups is 1. The van der Waals surface area contributed by atoms with E-state index in [1.807, 2.05) is 88.0 Å². The maximum Gasteiger partial charge on any atom is 0.410 e. The molecule has 5 aromatic rings. The second-order valence-electron chi connectivity index (χ2n) is 11.8. The van der Waals surface area contributed by atoms with Crippen LogP contribution >= 0.6 is 11.6 Å². The predicted octanol–water partition coefficient (Wildman–Crippen LogP) is 6.45. The average molecular weight is 600 g/mol. The number of hydrogen-bond acceptors (Lipinski definition) is 7. The highest BCUT2D eigenvalue weighted by Crippen LogP contribution is 2.37. The van der Waals surface area contributed by atoms with Gasteiger partial charge in [0.15, 0.2) is 0 Å². The summed E-state index contributed by atoms with van der Waals surface area (Å²) in [5.41, 5.74) is 5.26. The zero-order valence-electron chi connectivity index (χ0n) is 24.9. The smallest absolute Gasteiger partial charge is 0.410 e. The highest BCUT2D eigenvalue weighted by molar-refractivity contribution is 6.34. The van der Waals surface area contributed by atoms with Crippen LogP contribution in [0.5, 0.6) is 5.75 Å². The van der Waals surface area contributed by atoms with Crippen molar-refractivity contribution in [3.63, 3.8) is 0 Å². The Bertz CT molecular complexity index is 1760. The molecule has 0 radical (unpaired) electrons. The van der Waals surface area contributed by atoms with Crippen LogP contribution in [0.4, 0.5) is 4.79 Å². The molecular weight excluding hydrogens is 566 g/mol. The summed E-state index contributed by atoms with van der Waals surface area (Å²) in [5, 5.41) is 10.00. The first kappa shape index (κ1) is 28.7. The van der Waals surface area contributed by atoms with Crippen LogP contribution in [0.1, 0.15) is 56.4 Å². The molecule has 0 aliphatic carbocycles. The standard InChI is InChI=1S/C32H34ClN7O3/c1-20-27-19-38(31(41)43-32(3,4)5)24(15-23-10-6-8-12-34-23)18-39(27)37-29(20)22-14-28(30-25(33)16-36-40(30)17-22)42-21(2)26-11-7-9-13-35-26/h6-14,16-17,21,24H,15,18-19H2,1-5H3/t21-,24?/m1/s1. The van der Waals surface area contributed by atoms with Gasteiger partial charge in [-0.05, 0) is 65.0 Å². The van der Waals surface area contributed by atoms with Crippen molar-refractivity contribution in [2.24, 2.45) is 0 Å². The maximum atomic E-state index is 13.4. The summed E-state index contributed by atoms with van der Waals surface area (Å²) in [6.07, 6.45) is 6.92. The number of ether oxygens (including phenoxy) is 2. The van der Waals surface area contributed by atoms with E-state index in [1.54, 1.807) is 28.0 Å². The minimum absolute atomic E-state index is 0.185. The number of amides is 1. The number of hydrogen-bond donors (Lipinski definition) is 0. The third-order valence-electron chi connectivity index (χ3n) is 7.48. The fourth-order valence-electron chi connectivity index (χ4n) is 5.40. The van der Waals surface area contributed by atoms with Crippen molar-refractivity contribution >= 4 is 23.2 Å². The monoisotopic (exact) mass is 599 g/mol. The first-order valence-electron chi connectivity index (χ1n) is 14.3. The van der Waals surface area contributed by atoms with Crippen molar-refractivity contribution in [2.75, 3.05) is 0 Å². The van der Waals surface area contributed by atoms with Crippen LogP contribution in [-0.2, 0) is 24.2 Å². The Morgan fingerprint density at radius 2 is 1.91 bits per heavy atom. The van der Waals surface area contributed by atoms with E-state index in [0.717, 1.165) is 33.9 Å². The number of halogens is 1. The first-order chi connectivity index (χ1) is 20.6. The number of nitrogens with zero attached hydrogens (tertiary/aromatic N) is 7. The van der Waals surface area contributed by atoms with Crippen LogP contribution in [0.2, 0.25) is 5.02 Å². The number of fused-ring (bicyclic) bond motifs is 2. The fourth-order valence-corrected chi connectivity index (χ4v) is 5.63. The van der Waals surface area contributed by atoms with Crippen molar-refractivity contribution in [2.45, 2.75) is 71.9 Å². The van der Waals surface area contributed by atoms with Gasteiger partial charge in [-0.2, -0.15) is 10.2 Å². The molecule has 0 fully saturated rings. The van der Waals surface area contributed by atoms with Gasteiger partial charge in [0.2, 0.25) is 0 Å². The van der Waals surface area contributed by atoms with Gasteiger partial charge in [-0.15, -0.1) is 0 Å². The summed E-state index contributed by atoms with van der Waals surface area (Å²) < 4.78 is 16.0. The second-order valence-corrected chi connectivity index (χ2v) is 12.2. The molecule has 1 unspecified atom stereocenters. The van der Waals surface area contributed by atoms with Crippen molar-refractivity contribution < 1.29 is 14.3 Å². The summed E-state index contributed by atoms with van der Waals surface area (Å²) in [6.45, 7) is 10.5. The van der Waals surface area contributed by atoms with Gasteiger partial charge < -0.3 is 9.47 Å². The molecule has 10 nitrogen and oxygen atoms in total. The summed E-state index contributed by atoms with van der Waals surface area (Å²) in [7, 11) is 0. The van der Waals surface area contributed by atoms with Gasteiger partial charge in [-0.25, -0.2) is 9.31 Å². The van der Waals surface area contributed by atoms with E-state index in [2.05, 4.69) is 15.1 Å². The molecule has 6 heterocycles. The molecule has 0 aromatic carbocycles. The lowest BCUT2D eigenvalue weighted by Crippen LogP contribution is -2.49. The van der Waals surface area contributed by atoms with Crippen molar-refractivity contribution in [1.29, 1.82) is 0 Å². The lowest BCUT2D eigenvalue weighted by atomic mass is 10.0. The van der Waals surface area contributed by atoms with Gasteiger partial charge in [0.1, 0.15) is 23.0 Å². The Hall–Kier alpha value is -4.44. The molecule has 1 aliphatic rings. The minimum atomic E-state index is -0.617. The molecular formula is C32H34ClN7O3. The van der Waals surface area contributed by atoms with E-state index >= 15 is 0 Å². The summed E-state index contributed by atoms with van der Waals surface area (Å²) in [6, 6.07) is 13.3. The predicted molar refractivity (Wildman–Crippen MR) is 163 cm³/mol. The molecule has 1 amide bonds. The molecule has 5 aromatic heterocycles. The van der Waals surface area contributed by atoms with Gasteiger partial charge in [-0.3, -0.25) is 19.5 Å². The van der Waals surface area contributed by atoms with E-state index in [0.29, 0.717) is 35.8 Å². The topological polar surface area (TPSA) is 99.7 Å². The van der Waals surface area contributed by atoms with Crippen LogP contribution in [0.15, 0.2) is 67.3 Å². The molecule has 0 N–H and O–H groups in total. The third-order valence-corrected chi connectivity index (χ3v) is 7.75. The number of rotatable bonds is 6. The Labute approximate surface area is 255 Å². The van der Waals surface area contributed by atoms with Gasteiger partial charge >= 0.3 is 6.09 Å². The van der Waals surface area contributed by atoms with Gasteiger partial charge in [0, 0.05) is 41.8 Å². The Morgan fingerprint density at radius 3 is 2.60 bits per heavy atom. The zero-order valence-corrected chi connectivity index (χ0v) is 25.6. The highest BCUT2D eigenvalue weighted by atomic mass is 35.5. The quantitative estimate of drug-likeness (QED) is 0.221. The van der Waals surface area contributed by atoms with Crippen LogP contribution in [0, 0.1) is 6.92 Å². The molecule has 2 atom stereocenters. The number of aromatic nitrogens is 6. The molecule has 0 spiro atoms. The third kappa shape index (κ3) is 5.92.